The topological polar surface area (TPSA) is 42.0 Å². The molecule has 1 amide bonds. The van der Waals surface area contributed by atoms with Gasteiger partial charge >= 0.3 is 0 Å². The third kappa shape index (κ3) is 2.59. The lowest BCUT2D eigenvalue weighted by atomic mass is 10.3. The second kappa shape index (κ2) is 5.09. The first-order valence-electron chi connectivity index (χ1n) is 4.68. The van der Waals surface area contributed by atoms with Gasteiger partial charge in [0.25, 0.3) is 5.91 Å². The van der Waals surface area contributed by atoms with Gasteiger partial charge in [0.2, 0.25) is 0 Å². The van der Waals surface area contributed by atoms with Crippen LogP contribution in [0.25, 0.3) is 0 Å². The van der Waals surface area contributed by atoms with Crippen LogP contribution in [0.15, 0.2) is 35.8 Å². The van der Waals surface area contributed by atoms with Crippen LogP contribution >= 0.6 is 22.9 Å². The maximum atomic E-state index is 11.7. The van der Waals surface area contributed by atoms with Crippen molar-refractivity contribution in [1.29, 1.82) is 0 Å². The smallest absolute Gasteiger partial charge is 0.271 e. The summed E-state index contributed by atoms with van der Waals surface area (Å²) in [5.74, 6) is -0.251. The van der Waals surface area contributed by atoms with Crippen molar-refractivity contribution in [1.82, 2.24) is 10.3 Å². The first kappa shape index (κ1) is 11.1. The monoisotopic (exact) mass is 252 g/mol. The zero-order chi connectivity index (χ0) is 11.4. The Morgan fingerprint density at radius 1 is 1.44 bits per heavy atom. The summed E-state index contributed by atoms with van der Waals surface area (Å²) >= 11 is 7.46. The fourth-order valence-electron chi connectivity index (χ4n) is 1.22. The standard InChI is InChI=1S/C11H9ClN2OS/c12-9-4-1-5-13-10(9)11(15)14-7-8-3-2-6-16-8/h1-6H,7H2,(H,14,15). The predicted molar refractivity (Wildman–Crippen MR) is 64.7 cm³/mol. The molecule has 5 heteroatoms. The molecule has 0 radical (unpaired) electrons. The number of pyridine rings is 1. The fraction of sp³-hybridized carbons (Fsp3) is 0.0909. The molecule has 0 saturated heterocycles. The Morgan fingerprint density at radius 3 is 3.00 bits per heavy atom. The van der Waals surface area contributed by atoms with Crippen molar-refractivity contribution in [3.8, 4) is 0 Å². The number of thiophene rings is 1. The summed E-state index contributed by atoms with van der Waals surface area (Å²) in [6.45, 7) is 0.503. The zero-order valence-electron chi connectivity index (χ0n) is 8.31. The van der Waals surface area contributed by atoms with E-state index in [1.807, 2.05) is 17.5 Å². The van der Waals surface area contributed by atoms with Gasteiger partial charge < -0.3 is 5.32 Å². The number of hydrogen-bond acceptors (Lipinski definition) is 3. The van der Waals surface area contributed by atoms with Crippen LogP contribution in [0.2, 0.25) is 5.02 Å². The molecule has 2 rings (SSSR count). The van der Waals surface area contributed by atoms with Crippen LogP contribution < -0.4 is 5.32 Å². The molecule has 1 N–H and O–H groups in total. The molecule has 3 nitrogen and oxygen atoms in total. The SMILES string of the molecule is O=C(NCc1cccs1)c1ncccc1Cl. The lowest BCUT2D eigenvalue weighted by molar-refractivity contribution is 0.0946. The molecule has 2 aromatic rings. The van der Waals surface area contributed by atoms with Crippen molar-refractivity contribution in [2.75, 3.05) is 0 Å². The molecule has 0 spiro atoms. The van der Waals surface area contributed by atoms with Gasteiger partial charge in [0.1, 0.15) is 5.69 Å². The Kier molecular flexibility index (Phi) is 3.54. The first-order valence-corrected chi connectivity index (χ1v) is 5.94. The average molecular weight is 253 g/mol. The van der Waals surface area contributed by atoms with E-state index in [1.54, 1.807) is 29.7 Å². The third-order valence-electron chi connectivity index (χ3n) is 1.98. The van der Waals surface area contributed by atoms with Gasteiger partial charge in [0.05, 0.1) is 11.6 Å². The largest absolute Gasteiger partial charge is 0.346 e. The number of rotatable bonds is 3. The Balaban J connectivity index is 2.01. The summed E-state index contributed by atoms with van der Waals surface area (Å²) in [7, 11) is 0. The van der Waals surface area contributed by atoms with E-state index in [2.05, 4.69) is 10.3 Å². The van der Waals surface area contributed by atoms with Crippen molar-refractivity contribution >= 4 is 28.8 Å². The summed E-state index contributed by atoms with van der Waals surface area (Å²) in [4.78, 5) is 16.7. The van der Waals surface area contributed by atoms with E-state index in [0.717, 1.165) is 4.88 Å². The molecule has 0 aliphatic carbocycles. The van der Waals surface area contributed by atoms with Gasteiger partial charge in [0.15, 0.2) is 0 Å². The summed E-state index contributed by atoms with van der Waals surface area (Å²) in [6, 6.07) is 7.25. The molecule has 2 heterocycles. The molecule has 0 aliphatic rings. The molecule has 16 heavy (non-hydrogen) atoms. The van der Waals surface area contributed by atoms with Crippen LogP contribution in [0.1, 0.15) is 15.4 Å². The minimum atomic E-state index is -0.251. The molecule has 2 aromatic heterocycles. The normalized spacial score (nSPS) is 10.1. The summed E-state index contributed by atoms with van der Waals surface area (Å²) in [5, 5.41) is 5.10. The maximum absolute atomic E-state index is 11.7. The van der Waals surface area contributed by atoms with Crippen LogP contribution in [-0.2, 0) is 6.54 Å². The van der Waals surface area contributed by atoms with Crippen LogP contribution in [0, 0.1) is 0 Å². The first-order chi connectivity index (χ1) is 7.77. The minimum Gasteiger partial charge on any atom is -0.346 e. The van der Waals surface area contributed by atoms with Crippen LogP contribution in [-0.4, -0.2) is 10.9 Å². The van der Waals surface area contributed by atoms with Crippen LogP contribution in [0.4, 0.5) is 0 Å². The van der Waals surface area contributed by atoms with Gasteiger partial charge in [-0.3, -0.25) is 4.79 Å². The van der Waals surface area contributed by atoms with E-state index in [-0.39, 0.29) is 11.6 Å². The summed E-state index contributed by atoms with van der Waals surface area (Å²) < 4.78 is 0. The lowest BCUT2D eigenvalue weighted by Crippen LogP contribution is -2.23. The number of aromatic nitrogens is 1. The molecule has 0 bridgehead atoms. The Labute approximate surface area is 102 Å². The number of halogens is 1. The van der Waals surface area contributed by atoms with Crippen LogP contribution in [0.3, 0.4) is 0 Å². The molecule has 0 aromatic carbocycles. The average Bonchev–Trinajstić information content (AvgIpc) is 2.79. The Hall–Kier alpha value is -1.39. The van der Waals surface area contributed by atoms with Crippen molar-refractivity contribution < 1.29 is 4.79 Å². The molecule has 0 unspecified atom stereocenters. The Bertz CT molecular complexity index is 484. The van der Waals surface area contributed by atoms with E-state index >= 15 is 0 Å². The fourth-order valence-corrected chi connectivity index (χ4v) is 2.07. The highest BCUT2D eigenvalue weighted by Gasteiger charge is 2.10. The van der Waals surface area contributed by atoms with Crippen molar-refractivity contribution in [2.24, 2.45) is 0 Å². The zero-order valence-corrected chi connectivity index (χ0v) is 9.89. The number of hydrogen-bond donors (Lipinski definition) is 1. The maximum Gasteiger partial charge on any atom is 0.271 e. The number of amides is 1. The molecule has 0 fully saturated rings. The quantitative estimate of drug-likeness (QED) is 0.913. The molecular weight excluding hydrogens is 244 g/mol. The number of carbonyl (C=O) groups excluding carboxylic acids is 1. The van der Waals surface area contributed by atoms with E-state index in [0.29, 0.717) is 11.6 Å². The van der Waals surface area contributed by atoms with E-state index in [9.17, 15) is 4.79 Å². The Morgan fingerprint density at radius 2 is 2.31 bits per heavy atom. The van der Waals surface area contributed by atoms with Gasteiger partial charge in [-0.15, -0.1) is 11.3 Å². The number of nitrogens with one attached hydrogen (secondary N) is 1. The number of carbonyl (C=O) groups is 1. The third-order valence-corrected chi connectivity index (χ3v) is 3.16. The molecule has 0 atom stereocenters. The highest BCUT2D eigenvalue weighted by Crippen LogP contribution is 2.12. The van der Waals surface area contributed by atoms with Gasteiger partial charge in [-0.1, -0.05) is 17.7 Å². The summed E-state index contributed by atoms with van der Waals surface area (Å²) in [5.41, 5.74) is 0.265. The molecular formula is C11H9ClN2OS. The summed E-state index contributed by atoms with van der Waals surface area (Å²) in [6.07, 6.45) is 1.55. The van der Waals surface area contributed by atoms with Gasteiger partial charge in [-0.2, -0.15) is 0 Å². The highest BCUT2D eigenvalue weighted by atomic mass is 35.5. The van der Waals surface area contributed by atoms with Crippen molar-refractivity contribution in [3.05, 3.63) is 51.4 Å². The van der Waals surface area contributed by atoms with Crippen molar-refractivity contribution in [3.63, 3.8) is 0 Å². The molecule has 82 valence electrons. The predicted octanol–water partition coefficient (Wildman–Crippen LogP) is 2.73. The second-order valence-electron chi connectivity index (χ2n) is 3.10. The minimum absolute atomic E-state index is 0.251. The lowest BCUT2D eigenvalue weighted by Gasteiger charge is -2.03. The van der Waals surface area contributed by atoms with Gasteiger partial charge in [0, 0.05) is 11.1 Å². The second-order valence-corrected chi connectivity index (χ2v) is 4.54. The van der Waals surface area contributed by atoms with E-state index < -0.39 is 0 Å². The number of nitrogens with zero attached hydrogens (tertiary/aromatic N) is 1. The molecule has 0 saturated carbocycles. The molecule has 0 aliphatic heterocycles. The van der Waals surface area contributed by atoms with E-state index in [1.165, 1.54) is 0 Å². The van der Waals surface area contributed by atoms with E-state index in [4.69, 9.17) is 11.6 Å². The van der Waals surface area contributed by atoms with Gasteiger partial charge in [-0.25, -0.2) is 4.98 Å². The van der Waals surface area contributed by atoms with Crippen molar-refractivity contribution in [2.45, 2.75) is 6.54 Å². The van der Waals surface area contributed by atoms with Crippen LogP contribution in [0.5, 0.6) is 0 Å². The van der Waals surface area contributed by atoms with Gasteiger partial charge in [-0.05, 0) is 23.6 Å². The highest BCUT2D eigenvalue weighted by molar-refractivity contribution is 7.09.